The van der Waals surface area contributed by atoms with E-state index in [2.05, 4.69) is 43.0 Å². The zero-order valence-electron chi connectivity index (χ0n) is 14.1. The summed E-state index contributed by atoms with van der Waals surface area (Å²) in [5, 5.41) is 5.53. The molecular weight excluding hydrogens is 348 g/mol. The Labute approximate surface area is 151 Å². The number of thiocarbonyl (C=S) groups is 1. The van der Waals surface area contributed by atoms with Gasteiger partial charge < -0.3 is 15.1 Å². The van der Waals surface area contributed by atoms with Crippen molar-refractivity contribution in [3.8, 4) is 0 Å². The quantitative estimate of drug-likeness (QED) is 0.781. The summed E-state index contributed by atoms with van der Waals surface area (Å²) in [6, 6.07) is 0. The molecule has 1 aliphatic rings. The zero-order chi connectivity index (χ0) is 17.0. The fourth-order valence-electron chi connectivity index (χ4n) is 2.12. The summed E-state index contributed by atoms with van der Waals surface area (Å²) < 4.78 is 0.821. The molecule has 8 heteroatoms. The Morgan fingerprint density at radius 2 is 2.13 bits per heavy atom. The van der Waals surface area contributed by atoms with Gasteiger partial charge in [-0.2, -0.15) is 0 Å². The van der Waals surface area contributed by atoms with Crippen molar-refractivity contribution < 1.29 is 9.69 Å². The number of amides is 1. The Bertz CT molecular complexity index is 559. The van der Waals surface area contributed by atoms with Crippen LogP contribution in [0, 0.1) is 0 Å². The molecule has 0 bridgehead atoms. The van der Waals surface area contributed by atoms with E-state index in [1.165, 1.54) is 28.0 Å². The molecule has 2 N–H and O–H groups in total. The second kappa shape index (κ2) is 7.92. The van der Waals surface area contributed by atoms with E-state index in [-0.39, 0.29) is 11.3 Å². The number of carbonyl (C=O) groups excluding carboxylic acids is 1. The molecule has 0 radical (unpaired) electrons. The van der Waals surface area contributed by atoms with Crippen LogP contribution in [0.15, 0.2) is 5.38 Å². The summed E-state index contributed by atoms with van der Waals surface area (Å²) in [6.45, 7) is 10.5. The average molecular weight is 374 g/mol. The molecule has 1 saturated heterocycles. The van der Waals surface area contributed by atoms with Gasteiger partial charge in [0.25, 0.3) is 0 Å². The van der Waals surface area contributed by atoms with Crippen LogP contribution >= 0.6 is 35.3 Å². The molecular formula is C15H25N4OS3+. The number of carbonyl (C=O) groups is 1. The molecule has 1 aromatic rings. The summed E-state index contributed by atoms with van der Waals surface area (Å²) in [7, 11) is 2.20. The molecule has 1 amide bonds. The number of hydrogen-bond acceptors (Lipinski definition) is 5. The zero-order valence-corrected chi connectivity index (χ0v) is 16.6. The van der Waals surface area contributed by atoms with Gasteiger partial charge in [-0.25, -0.2) is 4.98 Å². The van der Waals surface area contributed by atoms with Crippen molar-refractivity contribution in [1.29, 1.82) is 0 Å². The molecule has 0 atom stereocenters. The summed E-state index contributed by atoms with van der Waals surface area (Å²) in [4.78, 5) is 20.3. The summed E-state index contributed by atoms with van der Waals surface area (Å²) in [5.41, 5.74) is 1.00. The SMILES string of the molecule is C[NH+]1CCN(C(=S)SCC(=O)Nc2nc(C(C)(C)C)cs2)CC1. The van der Waals surface area contributed by atoms with E-state index in [1.54, 1.807) is 0 Å². The molecule has 1 fully saturated rings. The highest BCUT2D eigenvalue weighted by Gasteiger charge is 2.21. The molecule has 23 heavy (non-hydrogen) atoms. The number of nitrogens with one attached hydrogen (secondary N) is 2. The Hall–Kier alpha value is -0.700. The highest BCUT2D eigenvalue weighted by atomic mass is 32.2. The number of quaternary nitrogens is 1. The summed E-state index contributed by atoms with van der Waals surface area (Å²) >= 11 is 8.34. The highest BCUT2D eigenvalue weighted by molar-refractivity contribution is 8.23. The smallest absolute Gasteiger partial charge is 0.236 e. The van der Waals surface area contributed by atoms with Crippen LogP contribution in [0.5, 0.6) is 0 Å². The fraction of sp³-hybridized carbons (Fsp3) is 0.667. The summed E-state index contributed by atoms with van der Waals surface area (Å²) in [5.74, 6) is 0.287. The third kappa shape index (κ3) is 5.70. The molecule has 2 heterocycles. The number of piperazine rings is 1. The molecule has 128 valence electrons. The Kier molecular flexibility index (Phi) is 6.41. The Balaban J connectivity index is 1.77. The van der Waals surface area contributed by atoms with Crippen LogP contribution in [-0.4, -0.2) is 59.1 Å². The van der Waals surface area contributed by atoms with Crippen molar-refractivity contribution in [2.24, 2.45) is 0 Å². The molecule has 0 spiro atoms. The predicted octanol–water partition coefficient (Wildman–Crippen LogP) is 1.23. The van der Waals surface area contributed by atoms with Crippen LogP contribution in [0.25, 0.3) is 0 Å². The van der Waals surface area contributed by atoms with Gasteiger partial charge in [0.05, 0.1) is 44.7 Å². The molecule has 1 aromatic heterocycles. The van der Waals surface area contributed by atoms with Crippen molar-refractivity contribution in [3.63, 3.8) is 0 Å². The molecule has 2 rings (SSSR count). The number of thiazole rings is 1. The lowest BCUT2D eigenvalue weighted by Crippen LogP contribution is -3.12. The molecule has 0 saturated carbocycles. The van der Waals surface area contributed by atoms with E-state index in [0.29, 0.717) is 10.9 Å². The number of thioether (sulfide) groups is 1. The Morgan fingerprint density at radius 1 is 1.48 bits per heavy atom. The maximum absolute atomic E-state index is 12.1. The molecule has 5 nitrogen and oxygen atoms in total. The maximum Gasteiger partial charge on any atom is 0.236 e. The highest BCUT2D eigenvalue weighted by Crippen LogP contribution is 2.26. The van der Waals surface area contributed by atoms with Crippen molar-refractivity contribution in [3.05, 3.63) is 11.1 Å². The van der Waals surface area contributed by atoms with Crippen LogP contribution in [0.4, 0.5) is 5.13 Å². The van der Waals surface area contributed by atoms with E-state index < -0.39 is 0 Å². The minimum atomic E-state index is -0.0492. The van der Waals surface area contributed by atoms with Gasteiger partial charge in [0.15, 0.2) is 5.13 Å². The van der Waals surface area contributed by atoms with Gasteiger partial charge in [-0.1, -0.05) is 44.8 Å². The van der Waals surface area contributed by atoms with Crippen LogP contribution in [-0.2, 0) is 10.2 Å². The van der Waals surface area contributed by atoms with E-state index in [0.717, 1.165) is 36.2 Å². The second-order valence-electron chi connectivity index (χ2n) is 6.83. The van der Waals surface area contributed by atoms with Gasteiger partial charge in [-0.15, -0.1) is 11.3 Å². The largest absolute Gasteiger partial charge is 0.346 e. The minimum absolute atomic E-state index is 0.000789. The fourth-order valence-corrected chi connectivity index (χ4v) is 4.13. The van der Waals surface area contributed by atoms with Gasteiger partial charge in [0.2, 0.25) is 5.91 Å². The molecule has 1 aliphatic heterocycles. The van der Waals surface area contributed by atoms with Gasteiger partial charge >= 0.3 is 0 Å². The number of likely N-dealkylation sites (N-methyl/N-ethyl adjacent to an activating group) is 1. The number of aromatic nitrogens is 1. The van der Waals surface area contributed by atoms with Crippen molar-refractivity contribution >= 4 is 50.7 Å². The Morgan fingerprint density at radius 3 is 2.70 bits per heavy atom. The topological polar surface area (TPSA) is 49.7 Å². The van der Waals surface area contributed by atoms with Crippen molar-refractivity contribution in [2.75, 3.05) is 44.3 Å². The number of hydrogen-bond donors (Lipinski definition) is 2. The first-order valence-corrected chi connectivity index (χ1v) is 10.0. The van der Waals surface area contributed by atoms with Crippen molar-refractivity contribution in [2.45, 2.75) is 26.2 Å². The normalized spacial score (nSPS) is 16.4. The van der Waals surface area contributed by atoms with Gasteiger partial charge in [0, 0.05) is 10.8 Å². The lowest BCUT2D eigenvalue weighted by molar-refractivity contribution is -0.883. The van der Waals surface area contributed by atoms with Crippen molar-refractivity contribution in [1.82, 2.24) is 9.88 Å². The monoisotopic (exact) mass is 373 g/mol. The average Bonchev–Trinajstić information content (AvgIpc) is 2.94. The molecule has 0 aliphatic carbocycles. The van der Waals surface area contributed by atoms with Crippen LogP contribution < -0.4 is 10.2 Å². The number of rotatable bonds is 3. The first-order valence-electron chi connectivity index (χ1n) is 7.74. The van der Waals surface area contributed by atoms with Crippen LogP contribution in [0.2, 0.25) is 0 Å². The van der Waals surface area contributed by atoms with Crippen LogP contribution in [0.1, 0.15) is 26.5 Å². The first-order chi connectivity index (χ1) is 10.8. The number of nitrogens with zero attached hydrogens (tertiary/aromatic N) is 2. The lowest BCUT2D eigenvalue weighted by Gasteiger charge is -2.31. The predicted molar refractivity (Wildman–Crippen MR) is 103 cm³/mol. The second-order valence-corrected chi connectivity index (χ2v) is 9.30. The van der Waals surface area contributed by atoms with Crippen LogP contribution in [0.3, 0.4) is 0 Å². The van der Waals surface area contributed by atoms with E-state index in [4.69, 9.17) is 12.2 Å². The first kappa shape index (κ1) is 18.6. The van der Waals surface area contributed by atoms with Gasteiger partial charge in [0.1, 0.15) is 4.32 Å². The third-order valence-electron chi connectivity index (χ3n) is 3.72. The molecule has 0 aromatic carbocycles. The minimum Gasteiger partial charge on any atom is -0.346 e. The molecule has 0 unspecified atom stereocenters. The van der Waals surface area contributed by atoms with E-state index in [1.807, 2.05) is 5.38 Å². The van der Waals surface area contributed by atoms with Gasteiger partial charge in [-0.3, -0.25) is 4.79 Å². The third-order valence-corrected chi connectivity index (χ3v) is 6.00. The van der Waals surface area contributed by atoms with Gasteiger partial charge in [-0.05, 0) is 0 Å². The standard InChI is InChI=1S/C15H24N4OS3/c1-15(2,3)11-9-22-13(16-11)17-12(20)10-23-14(21)19-7-5-18(4)6-8-19/h9H,5-8,10H2,1-4H3,(H,16,17,20)/p+1. The number of anilines is 1. The van der Waals surface area contributed by atoms with E-state index in [9.17, 15) is 4.79 Å². The summed E-state index contributed by atoms with van der Waals surface area (Å²) in [6.07, 6.45) is 0. The lowest BCUT2D eigenvalue weighted by atomic mass is 9.93. The maximum atomic E-state index is 12.1. The van der Waals surface area contributed by atoms with E-state index >= 15 is 0 Å².